The predicted molar refractivity (Wildman–Crippen MR) is 51.9 cm³/mol. The Bertz CT molecular complexity index is 116. The van der Waals surface area contributed by atoms with E-state index in [0.29, 0.717) is 5.41 Å². The summed E-state index contributed by atoms with van der Waals surface area (Å²) < 4.78 is 0. The Hall–Kier alpha value is 0.500. The summed E-state index contributed by atoms with van der Waals surface area (Å²) in [5.74, 6) is 0. The maximum absolute atomic E-state index is 3.41. The van der Waals surface area contributed by atoms with Crippen molar-refractivity contribution in [3.8, 4) is 0 Å². The van der Waals surface area contributed by atoms with Crippen LogP contribution in [0.2, 0.25) is 0 Å². The Morgan fingerprint density at radius 3 is 2.27 bits per heavy atom. The van der Waals surface area contributed by atoms with Gasteiger partial charge in [-0.25, -0.2) is 0 Å². The highest BCUT2D eigenvalue weighted by Crippen LogP contribution is 2.34. The largest absolute Gasteiger partial charge is 0.316 e. The summed E-state index contributed by atoms with van der Waals surface area (Å²) in [6.07, 6.45) is 1.40. The molecule has 0 amide bonds. The molecular formula is C7H16Cl2N2. The van der Waals surface area contributed by atoms with Gasteiger partial charge in [-0.3, -0.25) is 0 Å². The first-order chi connectivity index (χ1) is 4.31. The van der Waals surface area contributed by atoms with Crippen LogP contribution in [-0.2, 0) is 0 Å². The van der Waals surface area contributed by atoms with Gasteiger partial charge in [-0.15, -0.1) is 24.8 Å². The lowest BCUT2D eigenvalue weighted by molar-refractivity contribution is 0.0409. The van der Waals surface area contributed by atoms with Crippen LogP contribution in [-0.4, -0.2) is 38.1 Å². The zero-order valence-corrected chi connectivity index (χ0v) is 8.43. The predicted octanol–water partition coefficient (Wildman–Crippen LogP) is 0.755. The molecule has 2 aliphatic rings. The Morgan fingerprint density at radius 1 is 1.27 bits per heavy atom. The van der Waals surface area contributed by atoms with Gasteiger partial charge in [0.1, 0.15) is 0 Å². The van der Waals surface area contributed by atoms with Gasteiger partial charge in [0.15, 0.2) is 0 Å². The molecule has 2 rings (SSSR count). The van der Waals surface area contributed by atoms with Crippen molar-refractivity contribution in [1.82, 2.24) is 10.2 Å². The van der Waals surface area contributed by atoms with Crippen molar-refractivity contribution in [2.24, 2.45) is 5.41 Å². The Labute approximate surface area is 80.5 Å². The van der Waals surface area contributed by atoms with E-state index in [0.717, 1.165) is 0 Å². The third kappa shape index (κ3) is 2.00. The molecule has 0 unspecified atom stereocenters. The molecule has 1 spiro atoms. The molecule has 0 aliphatic carbocycles. The van der Waals surface area contributed by atoms with Gasteiger partial charge in [0.2, 0.25) is 0 Å². The molecule has 68 valence electrons. The Kier molecular flexibility index (Phi) is 4.12. The number of rotatable bonds is 0. The van der Waals surface area contributed by atoms with Crippen LogP contribution in [0.1, 0.15) is 6.42 Å². The van der Waals surface area contributed by atoms with E-state index < -0.39 is 0 Å². The minimum Gasteiger partial charge on any atom is -0.316 e. The molecule has 1 N–H and O–H groups in total. The number of nitrogens with one attached hydrogen (secondary N) is 1. The molecule has 0 saturated carbocycles. The van der Waals surface area contributed by atoms with Crippen molar-refractivity contribution in [3.05, 3.63) is 0 Å². The molecule has 2 heterocycles. The molecule has 0 aromatic heterocycles. The lowest BCUT2D eigenvalue weighted by Gasteiger charge is -2.45. The molecule has 4 heteroatoms. The first-order valence-corrected chi connectivity index (χ1v) is 3.70. The lowest BCUT2D eigenvalue weighted by Crippen LogP contribution is -2.55. The minimum atomic E-state index is 0. The van der Waals surface area contributed by atoms with Crippen molar-refractivity contribution < 1.29 is 0 Å². The van der Waals surface area contributed by atoms with Crippen molar-refractivity contribution >= 4 is 24.8 Å². The van der Waals surface area contributed by atoms with Crippen molar-refractivity contribution in [1.29, 1.82) is 0 Å². The topological polar surface area (TPSA) is 15.3 Å². The van der Waals surface area contributed by atoms with Gasteiger partial charge < -0.3 is 10.2 Å². The fraction of sp³-hybridized carbons (Fsp3) is 1.00. The third-order valence-corrected chi connectivity index (χ3v) is 2.54. The SMILES string of the molecule is CN1CC2(CCNC2)C1.Cl.Cl. The van der Waals surface area contributed by atoms with Gasteiger partial charge in [0.25, 0.3) is 0 Å². The van der Waals surface area contributed by atoms with E-state index in [4.69, 9.17) is 0 Å². The molecule has 0 bridgehead atoms. The monoisotopic (exact) mass is 198 g/mol. The normalized spacial score (nSPS) is 27.0. The van der Waals surface area contributed by atoms with E-state index >= 15 is 0 Å². The maximum Gasteiger partial charge on any atom is 0.00940 e. The standard InChI is InChI=1S/C7H14N2.2ClH/c1-9-5-7(6-9)2-3-8-4-7;;/h8H,2-6H2,1H3;2*1H. The summed E-state index contributed by atoms with van der Waals surface area (Å²) in [4.78, 5) is 2.40. The van der Waals surface area contributed by atoms with E-state index in [2.05, 4.69) is 17.3 Å². The number of halogens is 2. The van der Waals surface area contributed by atoms with Gasteiger partial charge in [-0.2, -0.15) is 0 Å². The van der Waals surface area contributed by atoms with E-state index in [1.807, 2.05) is 0 Å². The van der Waals surface area contributed by atoms with E-state index in [9.17, 15) is 0 Å². The molecule has 11 heavy (non-hydrogen) atoms. The molecule has 2 fully saturated rings. The molecule has 2 aliphatic heterocycles. The van der Waals surface area contributed by atoms with Crippen LogP contribution in [0.5, 0.6) is 0 Å². The van der Waals surface area contributed by atoms with E-state index in [1.54, 1.807) is 0 Å². The van der Waals surface area contributed by atoms with Crippen LogP contribution in [0.15, 0.2) is 0 Å². The summed E-state index contributed by atoms with van der Waals surface area (Å²) in [6.45, 7) is 5.14. The maximum atomic E-state index is 3.41. The smallest absolute Gasteiger partial charge is 0.00940 e. The minimum absolute atomic E-state index is 0. The van der Waals surface area contributed by atoms with E-state index in [1.165, 1.54) is 32.6 Å². The van der Waals surface area contributed by atoms with Crippen LogP contribution in [0, 0.1) is 5.41 Å². The van der Waals surface area contributed by atoms with Crippen LogP contribution < -0.4 is 5.32 Å². The average molecular weight is 199 g/mol. The van der Waals surface area contributed by atoms with Crippen molar-refractivity contribution in [3.63, 3.8) is 0 Å². The third-order valence-electron chi connectivity index (χ3n) is 2.54. The number of likely N-dealkylation sites (tertiary alicyclic amines) is 1. The van der Waals surface area contributed by atoms with Crippen LogP contribution >= 0.6 is 24.8 Å². The zero-order chi connectivity index (χ0) is 6.32. The quantitative estimate of drug-likeness (QED) is 0.619. The molecular weight excluding hydrogens is 183 g/mol. The second-order valence-corrected chi connectivity index (χ2v) is 3.60. The summed E-state index contributed by atoms with van der Waals surface area (Å²) in [5.41, 5.74) is 0.703. The first kappa shape index (κ1) is 11.5. The molecule has 0 atom stereocenters. The summed E-state index contributed by atoms with van der Waals surface area (Å²) in [5, 5.41) is 3.41. The van der Waals surface area contributed by atoms with Gasteiger partial charge in [0.05, 0.1) is 0 Å². The zero-order valence-electron chi connectivity index (χ0n) is 6.80. The van der Waals surface area contributed by atoms with Gasteiger partial charge in [-0.05, 0) is 20.0 Å². The van der Waals surface area contributed by atoms with Crippen LogP contribution in [0.3, 0.4) is 0 Å². The first-order valence-electron chi connectivity index (χ1n) is 3.70. The number of nitrogens with zero attached hydrogens (tertiary/aromatic N) is 1. The summed E-state index contributed by atoms with van der Waals surface area (Å²) in [7, 11) is 2.20. The molecule has 0 aromatic rings. The van der Waals surface area contributed by atoms with Gasteiger partial charge in [0, 0.05) is 25.0 Å². The van der Waals surface area contributed by atoms with Crippen LogP contribution in [0.4, 0.5) is 0 Å². The molecule has 2 nitrogen and oxygen atoms in total. The van der Waals surface area contributed by atoms with Gasteiger partial charge >= 0.3 is 0 Å². The summed E-state index contributed by atoms with van der Waals surface area (Å²) >= 11 is 0. The average Bonchev–Trinajstić information content (AvgIpc) is 2.12. The summed E-state index contributed by atoms with van der Waals surface area (Å²) in [6, 6.07) is 0. The molecule has 0 radical (unpaired) electrons. The van der Waals surface area contributed by atoms with E-state index in [-0.39, 0.29) is 24.8 Å². The second kappa shape index (κ2) is 3.94. The molecule has 0 aromatic carbocycles. The highest BCUT2D eigenvalue weighted by Gasteiger charge is 2.42. The Morgan fingerprint density at radius 2 is 1.91 bits per heavy atom. The molecule has 2 saturated heterocycles. The van der Waals surface area contributed by atoms with Crippen molar-refractivity contribution in [2.75, 3.05) is 33.2 Å². The highest BCUT2D eigenvalue weighted by atomic mass is 35.5. The highest BCUT2D eigenvalue weighted by molar-refractivity contribution is 5.85. The van der Waals surface area contributed by atoms with Crippen molar-refractivity contribution in [2.45, 2.75) is 6.42 Å². The number of hydrogen-bond donors (Lipinski definition) is 1. The Balaban J connectivity index is 0.000000500. The number of hydrogen-bond acceptors (Lipinski definition) is 2. The second-order valence-electron chi connectivity index (χ2n) is 3.60. The van der Waals surface area contributed by atoms with Crippen LogP contribution in [0.25, 0.3) is 0 Å². The lowest BCUT2D eigenvalue weighted by atomic mass is 9.80. The fourth-order valence-corrected chi connectivity index (χ4v) is 2.16. The van der Waals surface area contributed by atoms with Gasteiger partial charge in [-0.1, -0.05) is 0 Å². The fourth-order valence-electron chi connectivity index (χ4n) is 2.16.